The third kappa shape index (κ3) is 3.10. The maximum Gasteiger partial charge on any atom is 0.416 e. The van der Waals surface area contributed by atoms with Crippen molar-refractivity contribution in [2.45, 2.75) is 26.1 Å². The van der Waals surface area contributed by atoms with Gasteiger partial charge in [0.1, 0.15) is 0 Å². The molecule has 6 heteroatoms. The maximum absolute atomic E-state index is 13.2. The van der Waals surface area contributed by atoms with Crippen molar-refractivity contribution in [2.75, 3.05) is 6.54 Å². The van der Waals surface area contributed by atoms with E-state index in [1.807, 2.05) is 13.8 Å². The van der Waals surface area contributed by atoms with E-state index in [0.29, 0.717) is 6.54 Å². The topological polar surface area (TPSA) is 29.9 Å². The molecular weight excluding hydrogens is 279 g/mol. The van der Waals surface area contributed by atoms with E-state index in [1.165, 1.54) is 12.1 Å². The normalized spacial score (nSPS) is 13.4. The SMILES string of the molecule is CCNC(c1ccccc1C(F)(F)F)c1cnn(C)c1C. The number of alkyl halides is 3. The summed E-state index contributed by atoms with van der Waals surface area (Å²) in [4.78, 5) is 0. The molecule has 0 saturated carbocycles. The van der Waals surface area contributed by atoms with Crippen LogP contribution < -0.4 is 5.32 Å². The van der Waals surface area contributed by atoms with Gasteiger partial charge in [0.25, 0.3) is 0 Å². The molecule has 1 atom stereocenters. The van der Waals surface area contributed by atoms with E-state index >= 15 is 0 Å². The average molecular weight is 297 g/mol. The van der Waals surface area contributed by atoms with E-state index in [0.717, 1.165) is 17.3 Å². The van der Waals surface area contributed by atoms with Gasteiger partial charge in [0.15, 0.2) is 0 Å². The molecule has 0 aliphatic rings. The number of nitrogens with zero attached hydrogens (tertiary/aromatic N) is 2. The number of rotatable bonds is 4. The molecule has 2 rings (SSSR count). The fourth-order valence-corrected chi connectivity index (χ4v) is 2.40. The Kier molecular flexibility index (Phi) is 4.37. The number of halogens is 3. The predicted octanol–water partition coefficient (Wildman–Crippen LogP) is 3.45. The lowest BCUT2D eigenvalue weighted by molar-refractivity contribution is -0.138. The molecular formula is C15H18F3N3. The van der Waals surface area contributed by atoms with E-state index < -0.39 is 17.8 Å². The molecule has 114 valence electrons. The van der Waals surface area contributed by atoms with Crippen LogP contribution in [0.3, 0.4) is 0 Å². The lowest BCUT2D eigenvalue weighted by Gasteiger charge is -2.22. The predicted molar refractivity (Wildman–Crippen MR) is 74.9 cm³/mol. The van der Waals surface area contributed by atoms with E-state index in [4.69, 9.17) is 0 Å². The zero-order chi connectivity index (χ0) is 15.6. The molecule has 0 aliphatic carbocycles. The van der Waals surface area contributed by atoms with Crippen molar-refractivity contribution in [1.29, 1.82) is 0 Å². The van der Waals surface area contributed by atoms with E-state index in [9.17, 15) is 13.2 Å². The Morgan fingerprint density at radius 3 is 2.43 bits per heavy atom. The van der Waals surface area contributed by atoms with Crippen LogP contribution >= 0.6 is 0 Å². The van der Waals surface area contributed by atoms with Crippen molar-refractivity contribution in [3.63, 3.8) is 0 Å². The smallest absolute Gasteiger partial charge is 0.306 e. The van der Waals surface area contributed by atoms with Crippen LogP contribution in [0.1, 0.15) is 35.3 Å². The summed E-state index contributed by atoms with van der Waals surface area (Å²) in [7, 11) is 1.78. The molecule has 0 spiro atoms. The fourth-order valence-electron chi connectivity index (χ4n) is 2.40. The Hall–Kier alpha value is -1.82. The van der Waals surface area contributed by atoms with Gasteiger partial charge in [-0.15, -0.1) is 0 Å². The summed E-state index contributed by atoms with van der Waals surface area (Å²) in [5.74, 6) is 0. The molecule has 1 aromatic heterocycles. The molecule has 0 aliphatic heterocycles. The number of hydrogen-bond acceptors (Lipinski definition) is 2. The van der Waals surface area contributed by atoms with Crippen LogP contribution in [0, 0.1) is 6.92 Å². The molecule has 0 radical (unpaired) electrons. The molecule has 0 amide bonds. The van der Waals surface area contributed by atoms with Gasteiger partial charge in [-0.3, -0.25) is 4.68 Å². The van der Waals surface area contributed by atoms with Crippen molar-refractivity contribution in [1.82, 2.24) is 15.1 Å². The van der Waals surface area contributed by atoms with Crippen LogP contribution in [-0.2, 0) is 13.2 Å². The number of hydrogen-bond donors (Lipinski definition) is 1. The van der Waals surface area contributed by atoms with Gasteiger partial charge in [0.05, 0.1) is 17.8 Å². The minimum absolute atomic E-state index is 0.225. The molecule has 2 aromatic rings. The van der Waals surface area contributed by atoms with Crippen LogP contribution in [0.4, 0.5) is 13.2 Å². The van der Waals surface area contributed by atoms with Crippen LogP contribution in [-0.4, -0.2) is 16.3 Å². The largest absolute Gasteiger partial charge is 0.416 e. The van der Waals surface area contributed by atoms with Crippen LogP contribution in [0.2, 0.25) is 0 Å². The first kappa shape index (κ1) is 15.6. The molecule has 21 heavy (non-hydrogen) atoms. The number of aromatic nitrogens is 2. The molecule has 0 fully saturated rings. The highest BCUT2D eigenvalue weighted by molar-refractivity contribution is 5.39. The number of nitrogens with one attached hydrogen (secondary N) is 1. The summed E-state index contributed by atoms with van der Waals surface area (Å²) in [6.07, 6.45) is -2.75. The van der Waals surface area contributed by atoms with Gasteiger partial charge in [-0.05, 0) is 25.1 Å². The maximum atomic E-state index is 13.2. The molecule has 0 saturated heterocycles. The second kappa shape index (κ2) is 5.89. The quantitative estimate of drug-likeness (QED) is 0.937. The Balaban J connectivity index is 2.57. The number of aryl methyl sites for hydroxylation is 1. The fraction of sp³-hybridized carbons (Fsp3) is 0.400. The minimum Gasteiger partial charge on any atom is -0.306 e. The molecule has 1 heterocycles. The lowest BCUT2D eigenvalue weighted by Crippen LogP contribution is -2.25. The van der Waals surface area contributed by atoms with Crippen molar-refractivity contribution < 1.29 is 13.2 Å². The highest BCUT2D eigenvalue weighted by Gasteiger charge is 2.35. The molecule has 1 unspecified atom stereocenters. The van der Waals surface area contributed by atoms with Crippen LogP contribution in [0.5, 0.6) is 0 Å². The van der Waals surface area contributed by atoms with Crippen molar-refractivity contribution in [2.24, 2.45) is 7.05 Å². The summed E-state index contributed by atoms with van der Waals surface area (Å²) in [5, 5.41) is 7.26. The Morgan fingerprint density at radius 2 is 1.90 bits per heavy atom. The summed E-state index contributed by atoms with van der Waals surface area (Å²) in [6.45, 7) is 4.28. The third-order valence-electron chi connectivity index (χ3n) is 3.57. The van der Waals surface area contributed by atoms with Crippen molar-refractivity contribution in [3.8, 4) is 0 Å². The minimum atomic E-state index is -4.37. The molecule has 1 N–H and O–H groups in total. The summed E-state index contributed by atoms with van der Waals surface area (Å²) in [5.41, 5.74) is 1.22. The van der Waals surface area contributed by atoms with Gasteiger partial charge in [0.2, 0.25) is 0 Å². The first-order valence-electron chi connectivity index (χ1n) is 6.74. The summed E-state index contributed by atoms with van der Waals surface area (Å²) in [6, 6.07) is 5.14. The first-order valence-corrected chi connectivity index (χ1v) is 6.74. The Morgan fingerprint density at radius 1 is 1.24 bits per heavy atom. The highest BCUT2D eigenvalue weighted by atomic mass is 19.4. The first-order chi connectivity index (χ1) is 9.86. The van der Waals surface area contributed by atoms with Crippen molar-refractivity contribution in [3.05, 3.63) is 52.8 Å². The highest BCUT2D eigenvalue weighted by Crippen LogP contribution is 2.36. The van der Waals surface area contributed by atoms with Crippen LogP contribution in [0.15, 0.2) is 30.5 Å². The van der Waals surface area contributed by atoms with Gasteiger partial charge >= 0.3 is 6.18 Å². The van der Waals surface area contributed by atoms with Crippen LogP contribution in [0.25, 0.3) is 0 Å². The zero-order valence-electron chi connectivity index (χ0n) is 12.2. The standard InChI is InChI=1S/C15H18F3N3/c1-4-19-14(12-9-20-21(3)10(12)2)11-7-5-6-8-13(11)15(16,17)18/h5-9,14,19H,4H2,1-3H3. The molecule has 3 nitrogen and oxygen atoms in total. The average Bonchev–Trinajstić information content (AvgIpc) is 2.76. The second-order valence-electron chi connectivity index (χ2n) is 4.88. The zero-order valence-corrected chi connectivity index (χ0v) is 12.2. The van der Waals surface area contributed by atoms with E-state index in [-0.39, 0.29) is 5.56 Å². The summed E-state index contributed by atoms with van der Waals surface area (Å²) < 4.78 is 41.3. The van der Waals surface area contributed by atoms with E-state index in [1.54, 1.807) is 24.0 Å². The molecule has 1 aromatic carbocycles. The number of benzene rings is 1. The monoisotopic (exact) mass is 297 g/mol. The van der Waals surface area contributed by atoms with Crippen molar-refractivity contribution >= 4 is 0 Å². The van der Waals surface area contributed by atoms with E-state index in [2.05, 4.69) is 10.4 Å². The second-order valence-corrected chi connectivity index (χ2v) is 4.88. The summed E-state index contributed by atoms with van der Waals surface area (Å²) >= 11 is 0. The van der Waals surface area contributed by atoms with Gasteiger partial charge in [-0.1, -0.05) is 25.1 Å². The Bertz CT molecular complexity index is 617. The third-order valence-corrected chi connectivity index (χ3v) is 3.57. The molecule has 0 bridgehead atoms. The lowest BCUT2D eigenvalue weighted by atomic mass is 9.94. The Labute approximate surface area is 121 Å². The van der Waals surface area contributed by atoms with Gasteiger partial charge in [0, 0.05) is 18.3 Å². The van der Waals surface area contributed by atoms with Gasteiger partial charge in [-0.2, -0.15) is 18.3 Å². The van der Waals surface area contributed by atoms with Gasteiger partial charge in [-0.25, -0.2) is 0 Å². The van der Waals surface area contributed by atoms with Gasteiger partial charge < -0.3 is 5.32 Å².